The van der Waals surface area contributed by atoms with Gasteiger partial charge in [0.25, 0.3) is 0 Å². The SMILES string of the molecule is C/C=C/C(=O)Nc1c(Cl)oc2ccc(Br)cc12. The van der Waals surface area contributed by atoms with E-state index in [2.05, 4.69) is 21.2 Å². The number of halogens is 2. The topological polar surface area (TPSA) is 42.2 Å². The van der Waals surface area contributed by atoms with Gasteiger partial charge in [0.1, 0.15) is 11.3 Å². The van der Waals surface area contributed by atoms with E-state index in [9.17, 15) is 4.79 Å². The maximum absolute atomic E-state index is 11.5. The zero-order valence-electron chi connectivity index (χ0n) is 8.96. The summed E-state index contributed by atoms with van der Waals surface area (Å²) in [6.07, 6.45) is 3.08. The second-order valence-electron chi connectivity index (χ2n) is 3.38. The molecule has 1 N–H and O–H groups in total. The predicted molar refractivity (Wildman–Crippen MR) is 72.4 cm³/mol. The van der Waals surface area contributed by atoms with E-state index in [1.165, 1.54) is 6.08 Å². The van der Waals surface area contributed by atoms with Crippen molar-refractivity contribution in [2.75, 3.05) is 5.32 Å². The van der Waals surface area contributed by atoms with Crippen LogP contribution < -0.4 is 5.32 Å². The van der Waals surface area contributed by atoms with Crippen molar-refractivity contribution in [3.63, 3.8) is 0 Å². The number of anilines is 1. The summed E-state index contributed by atoms with van der Waals surface area (Å²) in [5.41, 5.74) is 1.13. The van der Waals surface area contributed by atoms with Crippen LogP contribution in [0.25, 0.3) is 11.0 Å². The molecule has 0 saturated heterocycles. The number of amides is 1. The number of hydrogen-bond acceptors (Lipinski definition) is 2. The molecular weight excluding hydrogens is 305 g/mol. The van der Waals surface area contributed by atoms with Gasteiger partial charge in [-0.3, -0.25) is 4.79 Å². The van der Waals surface area contributed by atoms with Crippen LogP contribution in [-0.2, 0) is 4.79 Å². The van der Waals surface area contributed by atoms with E-state index < -0.39 is 0 Å². The minimum Gasteiger partial charge on any atom is -0.442 e. The summed E-state index contributed by atoms with van der Waals surface area (Å²) in [4.78, 5) is 11.5. The summed E-state index contributed by atoms with van der Waals surface area (Å²) < 4.78 is 6.23. The van der Waals surface area contributed by atoms with Crippen LogP contribution in [0.15, 0.2) is 39.2 Å². The highest BCUT2D eigenvalue weighted by Crippen LogP contribution is 2.35. The fourth-order valence-electron chi connectivity index (χ4n) is 1.47. The molecule has 1 amide bonds. The zero-order chi connectivity index (χ0) is 12.4. The number of rotatable bonds is 2. The van der Waals surface area contributed by atoms with Crippen LogP contribution in [0, 0.1) is 0 Å². The number of allylic oxidation sites excluding steroid dienone is 1. The highest BCUT2D eigenvalue weighted by molar-refractivity contribution is 9.10. The second kappa shape index (κ2) is 4.94. The molecule has 3 nitrogen and oxygen atoms in total. The molecule has 88 valence electrons. The molecule has 0 aliphatic rings. The van der Waals surface area contributed by atoms with Gasteiger partial charge in [0.15, 0.2) is 0 Å². The van der Waals surface area contributed by atoms with Crippen molar-refractivity contribution >= 4 is 50.1 Å². The van der Waals surface area contributed by atoms with Crippen molar-refractivity contribution in [3.8, 4) is 0 Å². The molecule has 1 aromatic carbocycles. The molecule has 0 fully saturated rings. The summed E-state index contributed by atoms with van der Waals surface area (Å²) in [5, 5.41) is 3.63. The van der Waals surface area contributed by atoms with Gasteiger partial charge in [0.2, 0.25) is 11.1 Å². The monoisotopic (exact) mass is 313 g/mol. The third kappa shape index (κ3) is 2.53. The normalized spacial score (nSPS) is 11.2. The van der Waals surface area contributed by atoms with E-state index in [0.29, 0.717) is 11.3 Å². The Morgan fingerprint density at radius 2 is 2.29 bits per heavy atom. The Hall–Kier alpha value is -1.26. The molecule has 1 aromatic heterocycles. The number of hydrogen-bond donors (Lipinski definition) is 1. The number of carbonyl (C=O) groups is 1. The van der Waals surface area contributed by atoms with Crippen LogP contribution in [0.2, 0.25) is 5.22 Å². The first kappa shape index (κ1) is 12.2. The van der Waals surface area contributed by atoms with Crippen molar-refractivity contribution in [3.05, 3.63) is 40.0 Å². The van der Waals surface area contributed by atoms with Crippen molar-refractivity contribution in [1.82, 2.24) is 0 Å². The Morgan fingerprint density at radius 1 is 1.53 bits per heavy atom. The van der Waals surface area contributed by atoms with Crippen LogP contribution in [-0.4, -0.2) is 5.91 Å². The Labute approximate surface area is 112 Å². The van der Waals surface area contributed by atoms with Gasteiger partial charge in [-0.25, -0.2) is 0 Å². The van der Waals surface area contributed by atoms with Crippen LogP contribution in [0.5, 0.6) is 0 Å². The second-order valence-corrected chi connectivity index (χ2v) is 4.64. The van der Waals surface area contributed by atoms with Gasteiger partial charge in [-0.1, -0.05) is 22.0 Å². The van der Waals surface area contributed by atoms with Crippen molar-refractivity contribution in [2.24, 2.45) is 0 Å². The predicted octanol–water partition coefficient (Wildman–Crippen LogP) is 4.36. The zero-order valence-corrected chi connectivity index (χ0v) is 11.3. The summed E-state index contributed by atoms with van der Waals surface area (Å²) in [7, 11) is 0. The highest BCUT2D eigenvalue weighted by Gasteiger charge is 2.14. The Morgan fingerprint density at radius 3 is 3.00 bits per heavy atom. The van der Waals surface area contributed by atoms with Gasteiger partial charge in [-0.15, -0.1) is 0 Å². The fourth-order valence-corrected chi connectivity index (χ4v) is 2.07. The lowest BCUT2D eigenvalue weighted by Crippen LogP contribution is -2.07. The van der Waals surface area contributed by atoms with Crippen LogP contribution in [0.1, 0.15) is 6.92 Å². The molecule has 0 bridgehead atoms. The maximum atomic E-state index is 11.5. The molecule has 0 radical (unpaired) electrons. The van der Waals surface area contributed by atoms with Gasteiger partial charge in [0.05, 0.1) is 0 Å². The first-order valence-electron chi connectivity index (χ1n) is 4.93. The summed E-state index contributed by atoms with van der Waals surface area (Å²) in [5.74, 6) is -0.239. The van der Waals surface area contributed by atoms with E-state index in [-0.39, 0.29) is 11.1 Å². The Bertz CT molecular complexity index is 604. The molecule has 1 heterocycles. The first-order valence-corrected chi connectivity index (χ1v) is 6.10. The lowest BCUT2D eigenvalue weighted by atomic mass is 10.2. The molecule has 0 saturated carbocycles. The Balaban J connectivity index is 2.48. The quantitative estimate of drug-likeness (QED) is 0.837. The van der Waals surface area contributed by atoms with Gasteiger partial charge in [-0.2, -0.15) is 0 Å². The van der Waals surface area contributed by atoms with Crippen LogP contribution in [0.3, 0.4) is 0 Å². The number of carbonyl (C=O) groups excluding carboxylic acids is 1. The average molecular weight is 315 g/mol. The largest absolute Gasteiger partial charge is 0.442 e. The van der Waals surface area contributed by atoms with Gasteiger partial charge < -0.3 is 9.73 Å². The van der Waals surface area contributed by atoms with E-state index in [4.69, 9.17) is 16.0 Å². The minimum absolute atomic E-state index is 0.177. The third-order valence-electron chi connectivity index (χ3n) is 2.17. The van der Waals surface area contributed by atoms with Crippen LogP contribution >= 0.6 is 27.5 Å². The maximum Gasteiger partial charge on any atom is 0.248 e. The lowest BCUT2D eigenvalue weighted by molar-refractivity contribution is -0.111. The number of nitrogens with one attached hydrogen (secondary N) is 1. The molecule has 5 heteroatoms. The molecule has 0 atom stereocenters. The van der Waals surface area contributed by atoms with Gasteiger partial charge in [-0.05, 0) is 42.8 Å². The van der Waals surface area contributed by atoms with Crippen LogP contribution in [0.4, 0.5) is 5.69 Å². The number of furan rings is 1. The van der Waals surface area contributed by atoms with Crippen molar-refractivity contribution in [2.45, 2.75) is 6.92 Å². The van der Waals surface area contributed by atoms with Gasteiger partial charge >= 0.3 is 0 Å². The molecule has 17 heavy (non-hydrogen) atoms. The molecular formula is C12H9BrClNO2. The molecule has 0 spiro atoms. The van der Waals surface area contributed by atoms with Gasteiger partial charge in [0, 0.05) is 9.86 Å². The fraction of sp³-hybridized carbons (Fsp3) is 0.0833. The third-order valence-corrected chi connectivity index (χ3v) is 2.93. The van der Waals surface area contributed by atoms with Crippen molar-refractivity contribution < 1.29 is 9.21 Å². The summed E-state index contributed by atoms with van der Waals surface area (Å²) >= 11 is 9.30. The van der Waals surface area contributed by atoms with E-state index in [1.54, 1.807) is 19.1 Å². The van der Waals surface area contributed by atoms with Crippen molar-refractivity contribution in [1.29, 1.82) is 0 Å². The Kier molecular flexibility index (Phi) is 3.54. The molecule has 0 aliphatic heterocycles. The highest BCUT2D eigenvalue weighted by atomic mass is 79.9. The lowest BCUT2D eigenvalue weighted by Gasteiger charge is -1.99. The molecule has 0 aliphatic carbocycles. The summed E-state index contributed by atoms with van der Waals surface area (Å²) in [6.45, 7) is 1.77. The van der Waals surface area contributed by atoms with E-state index in [0.717, 1.165) is 9.86 Å². The number of fused-ring (bicyclic) bond motifs is 1. The molecule has 2 aromatic rings. The average Bonchev–Trinajstić information content (AvgIpc) is 2.56. The first-order chi connectivity index (χ1) is 8.11. The molecule has 0 unspecified atom stereocenters. The molecule has 2 rings (SSSR count). The minimum atomic E-state index is -0.239. The number of benzene rings is 1. The summed E-state index contributed by atoms with van der Waals surface area (Å²) in [6, 6.07) is 5.48. The smallest absolute Gasteiger partial charge is 0.248 e. The van der Waals surface area contributed by atoms with E-state index >= 15 is 0 Å². The van der Waals surface area contributed by atoms with E-state index in [1.807, 2.05) is 12.1 Å². The standard InChI is InChI=1S/C12H9BrClNO2/c1-2-3-10(16)15-11-8-6-7(13)4-5-9(8)17-12(11)14/h2-6H,1H3,(H,15,16)/b3-2+.